The Labute approximate surface area is 106 Å². The van der Waals surface area contributed by atoms with Crippen molar-refractivity contribution in [1.29, 1.82) is 0 Å². The van der Waals surface area contributed by atoms with E-state index < -0.39 is 12.2 Å². The second-order valence-corrected chi connectivity index (χ2v) is 4.76. The largest absolute Gasteiger partial charge is 0.394 e. The quantitative estimate of drug-likeness (QED) is 0.849. The fraction of sp³-hybridized carbons (Fsp3) is 0.333. The Kier molecular flexibility index (Phi) is 3.04. The summed E-state index contributed by atoms with van der Waals surface area (Å²) in [5, 5.41) is 21.2. The van der Waals surface area contributed by atoms with Crippen LogP contribution in [0.2, 0.25) is 0 Å². The maximum absolute atomic E-state index is 9.75. The van der Waals surface area contributed by atoms with Crippen LogP contribution in [0.25, 0.3) is 10.8 Å². The molecule has 3 rings (SSSR count). The lowest BCUT2D eigenvalue weighted by atomic mass is 10.0. The molecule has 0 amide bonds. The van der Waals surface area contributed by atoms with Crippen LogP contribution < -0.4 is 0 Å². The summed E-state index contributed by atoms with van der Waals surface area (Å²) in [7, 11) is 0. The maximum atomic E-state index is 9.75. The molecule has 1 fully saturated rings. The highest BCUT2D eigenvalue weighted by Gasteiger charge is 2.34. The number of hydrogen-bond acceptors (Lipinski definition) is 3. The minimum atomic E-state index is -0.577. The molecule has 0 aromatic heterocycles. The summed E-state index contributed by atoms with van der Waals surface area (Å²) in [6, 6.07) is 14.3. The molecule has 0 radical (unpaired) electrons. The molecule has 2 aromatic carbocycles. The first-order valence-electron chi connectivity index (χ1n) is 6.21. The van der Waals surface area contributed by atoms with Gasteiger partial charge in [-0.2, -0.15) is 0 Å². The van der Waals surface area contributed by atoms with Crippen LogP contribution in [0.3, 0.4) is 0 Å². The van der Waals surface area contributed by atoms with Crippen LogP contribution >= 0.6 is 0 Å². The lowest BCUT2D eigenvalue weighted by Crippen LogP contribution is -2.24. The molecule has 3 nitrogen and oxygen atoms in total. The van der Waals surface area contributed by atoms with E-state index in [1.807, 2.05) is 18.2 Å². The Morgan fingerprint density at radius 2 is 1.89 bits per heavy atom. The first kappa shape index (κ1) is 11.7. The maximum Gasteiger partial charge on any atom is 0.107 e. The van der Waals surface area contributed by atoms with Crippen LogP contribution in [0, 0.1) is 0 Å². The van der Waals surface area contributed by atoms with Crippen LogP contribution in [0.1, 0.15) is 18.1 Å². The molecular formula is C15H16O3. The number of aliphatic hydroxyl groups is 2. The standard InChI is InChI=1S/C15H16O3/c16-9-15-13(17)8-14(18-15)12-6-5-10-3-1-2-4-11(10)7-12/h1-7,13-17H,8-9H2/t13?,14?,15-/m1/s1. The first-order valence-corrected chi connectivity index (χ1v) is 6.21. The van der Waals surface area contributed by atoms with Crippen molar-refractivity contribution >= 4 is 10.8 Å². The molecule has 0 saturated carbocycles. The van der Waals surface area contributed by atoms with Crippen molar-refractivity contribution in [2.24, 2.45) is 0 Å². The zero-order valence-electron chi connectivity index (χ0n) is 9.99. The lowest BCUT2D eigenvalue weighted by molar-refractivity contribution is -0.0225. The molecule has 1 heterocycles. The summed E-state index contributed by atoms with van der Waals surface area (Å²) in [4.78, 5) is 0. The molecule has 2 aromatic rings. The van der Waals surface area contributed by atoms with Crippen molar-refractivity contribution < 1.29 is 14.9 Å². The Morgan fingerprint density at radius 3 is 2.61 bits per heavy atom. The molecule has 1 saturated heterocycles. The summed E-state index contributed by atoms with van der Waals surface area (Å²) in [6.45, 7) is -0.134. The summed E-state index contributed by atoms with van der Waals surface area (Å²) in [6.07, 6.45) is -0.612. The molecule has 3 atom stereocenters. The molecule has 1 aliphatic heterocycles. The van der Waals surface area contributed by atoms with Gasteiger partial charge in [0.05, 0.1) is 18.8 Å². The second kappa shape index (κ2) is 4.69. The Hall–Kier alpha value is -1.42. The first-order chi connectivity index (χ1) is 8.78. The normalized spacial score (nSPS) is 27.8. The number of benzene rings is 2. The number of ether oxygens (including phenoxy) is 1. The second-order valence-electron chi connectivity index (χ2n) is 4.76. The lowest BCUT2D eigenvalue weighted by Gasteiger charge is -2.13. The Bertz CT molecular complexity index is 552. The monoisotopic (exact) mass is 244 g/mol. The van der Waals surface area contributed by atoms with Gasteiger partial charge in [-0.15, -0.1) is 0 Å². The summed E-state index contributed by atoms with van der Waals surface area (Å²) >= 11 is 0. The van der Waals surface area contributed by atoms with Gasteiger partial charge in [-0.3, -0.25) is 0 Å². The average Bonchev–Trinajstić information content (AvgIpc) is 2.79. The van der Waals surface area contributed by atoms with E-state index in [-0.39, 0.29) is 12.7 Å². The number of hydrogen-bond donors (Lipinski definition) is 2. The molecule has 2 unspecified atom stereocenters. The molecule has 18 heavy (non-hydrogen) atoms. The fourth-order valence-electron chi connectivity index (χ4n) is 2.52. The van der Waals surface area contributed by atoms with Crippen molar-refractivity contribution in [2.45, 2.75) is 24.7 Å². The predicted octanol–water partition coefficient (Wildman–Crippen LogP) is 2.02. The zero-order valence-corrected chi connectivity index (χ0v) is 9.99. The highest BCUT2D eigenvalue weighted by atomic mass is 16.5. The van der Waals surface area contributed by atoms with E-state index in [9.17, 15) is 5.11 Å². The van der Waals surface area contributed by atoms with Gasteiger partial charge in [-0.25, -0.2) is 0 Å². The van der Waals surface area contributed by atoms with Crippen molar-refractivity contribution in [3.63, 3.8) is 0 Å². The van der Waals surface area contributed by atoms with Gasteiger partial charge in [0.25, 0.3) is 0 Å². The van der Waals surface area contributed by atoms with Crippen LogP contribution in [-0.2, 0) is 4.74 Å². The van der Waals surface area contributed by atoms with Crippen LogP contribution in [0.5, 0.6) is 0 Å². The van der Waals surface area contributed by atoms with E-state index in [4.69, 9.17) is 9.84 Å². The highest BCUT2D eigenvalue weighted by Crippen LogP contribution is 2.34. The van der Waals surface area contributed by atoms with Crippen LogP contribution in [0.4, 0.5) is 0 Å². The van der Waals surface area contributed by atoms with E-state index in [1.54, 1.807) is 0 Å². The molecule has 94 valence electrons. The average molecular weight is 244 g/mol. The van der Waals surface area contributed by atoms with Gasteiger partial charge < -0.3 is 14.9 Å². The number of aliphatic hydroxyl groups excluding tert-OH is 2. The minimum Gasteiger partial charge on any atom is -0.394 e. The van der Waals surface area contributed by atoms with E-state index in [0.29, 0.717) is 6.42 Å². The highest BCUT2D eigenvalue weighted by molar-refractivity contribution is 5.83. The molecular weight excluding hydrogens is 228 g/mol. The fourth-order valence-corrected chi connectivity index (χ4v) is 2.52. The van der Waals surface area contributed by atoms with E-state index in [1.165, 1.54) is 10.8 Å². The van der Waals surface area contributed by atoms with Gasteiger partial charge in [0, 0.05) is 6.42 Å². The molecule has 0 aliphatic carbocycles. The number of fused-ring (bicyclic) bond motifs is 1. The van der Waals surface area contributed by atoms with Crippen molar-refractivity contribution in [3.05, 3.63) is 48.0 Å². The Balaban J connectivity index is 1.91. The van der Waals surface area contributed by atoms with E-state index in [0.717, 1.165) is 5.56 Å². The third kappa shape index (κ3) is 2.01. The van der Waals surface area contributed by atoms with Crippen LogP contribution in [0.15, 0.2) is 42.5 Å². The summed E-state index contributed by atoms with van der Waals surface area (Å²) < 4.78 is 5.66. The smallest absolute Gasteiger partial charge is 0.107 e. The van der Waals surface area contributed by atoms with Gasteiger partial charge in [-0.1, -0.05) is 36.4 Å². The van der Waals surface area contributed by atoms with Crippen LogP contribution in [-0.4, -0.2) is 29.0 Å². The van der Waals surface area contributed by atoms with Crippen molar-refractivity contribution in [2.75, 3.05) is 6.61 Å². The van der Waals surface area contributed by atoms with E-state index >= 15 is 0 Å². The summed E-state index contributed by atoms with van der Waals surface area (Å²) in [5.74, 6) is 0. The van der Waals surface area contributed by atoms with Crippen molar-refractivity contribution in [1.82, 2.24) is 0 Å². The molecule has 2 N–H and O–H groups in total. The third-order valence-electron chi connectivity index (χ3n) is 3.55. The minimum absolute atomic E-state index is 0.123. The topological polar surface area (TPSA) is 49.7 Å². The molecule has 3 heteroatoms. The van der Waals surface area contributed by atoms with E-state index in [2.05, 4.69) is 24.3 Å². The van der Waals surface area contributed by atoms with Gasteiger partial charge in [-0.05, 0) is 22.4 Å². The van der Waals surface area contributed by atoms with Gasteiger partial charge in [0.2, 0.25) is 0 Å². The third-order valence-corrected chi connectivity index (χ3v) is 3.55. The zero-order chi connectivity index (χ0) is 12.5. The SMILES string of the molecule is OC[C@H]1OC(c2ccc3ccccc3c2)CC1O. The predicted molar refractivity (Wildman–Crippen MR) is 69.3 cm³/mol. The molecule has 0 bridgehead atoms. The van der Waals surface area contributed by atoms with Gasteiger partial charge >= 0.3 is 0 Å². The molecule has 1 aliphatic rings. The van der Waals surface area contributed by atoms with Gasteiger partial charge in [0.15, 0.2) is 0 Å². The molecule has 0 spiro atoms. The van der Waals surface area contributed by atoms with Gasteiger partial charge in [0.1, 0.15) is 6.10 Å². The summed E-state index contributed by atoms with van der Waals surface area (Å²) in [5.41, 5.74) is 1.06. The van der Waals surface area contributed by atoms with Crippen molar-refractivity contribution in [3.8, 4) is 0 Å². The Morgan fingerprint density at radius 1 is 1.11 bits per heavy atom. The number of rotatable bonds is 2.